The van der Waals surface area contributed by atoms with Gasteiger partial charge in [0.05, 0.1) is 13.1 Å². The van der Waals surface area contributed by atoms with Crippen LogP contribution in [0.4, 0.5) is 0 Å². The second-order valence-corrected chi connectivity index (χ2v) is 5.26. The zero-order chi connectivity index (χ0) is 17.9. The summed E-state index contributed by atoms with van der Waals surface area (Å²) in [6.07, 6.45) is 3.19. The lowest BCUT2D eigenvalue weighted by molar-refractivity contribution is -0.622. The minimum absolute atomic E-state index is 0.316. The highest BCUT2D eigenvalue weighted by Gasteiger charge is 2.18. The van der Waals surface area contributed by atoms with E-state index in [1.807, 2.05) is 0 Å². The monoisotopic (exact) mass is 343 g/mol. The van der Waals surface area contributed by atoms with Crippen molar-refractivity contribution < 1.29 is 43.4 Å². The zero-order valence-corrected chi connectivity index (χ0v) is 13.3. The number of nitrogens with zero attached hydrogens (tertiary/aromatic N) is 3. The fraction of sp³-hybridized carbons (Fsp3) is 0.571. The molecule has 1 rings (SSSR count). The molecule has 1 heterocycles. The second-order valence-electron chi connectivity index (χ2n) is 5.26. The number of nitrogens with one attached hydrogen (secondary N) is 1. The molecule has 0 aromatic carbocycles. The molecule has 1 fully saturated rings. The van der Waals surface area contributed by atoms with Gasteiger partial charge in [-0.3, -0.25) is 0 Å². The van der Waals surface area contributed by atoms with Crippen molar-refractivity contribution in [1.82, 2.24) is 5.32 Å². The molecule has 0 unspecified atom stereocenters. The Labute approximate surface area is 138 Å². The minimum atomic E-state index is -1.11. The first-order valence-corrected chi connectivity index (χ1v) is 7.53. The van der Waals surface area contributed by atoms with Crippen molar-refractivity contribution in [2.45, 2.75) is 0 Å². The minimum Gasteiger partial charge on any atom is -0.474 e. The van der Waals surface area contributed by atoms with Gasteiger partial charge in [-0.2, -0.15) is 0 Å². The summed E-state index contributed by atoms with van der Waals surface area (Å²) in [5, 5.41) is 29.8. The maximum atomic E-state index is 10.9. The Morgan fingerprint density at radius 2 is 0.917 bits per heavy atom. The number of carboxylic acid groups (broad SMARTS) is 3. The average Bonchev–Trinajstić information content (AvgIpc) is 2.45. The van der Waals surface area contributed by atoms with E-state index in [1.165, 1.54) is 0 Å². The molecule has 0 aromatic rings. The number of carboxylic acids is 3. The normalized spacial score (nSPS) is 20.9. The van der Waals surface area contributed by atoms with E-state index in [4.69, 9.17) is 15.3 Å². The van der Waals surface area contributed by atoms with Crippen LogP contribution in [0, 0.1) is 0 Å². The molecule has 4 N–H and O–H groups in total. The van der Waals surface area contributed by atoms with Crippen molar-refractivity contribution in [3.05, 3.63) is 0 Å². The van der Waals surface area contributed by atoms with Gasteiger partial charge in [0.1, 0.15) is 0 Å². The number of hydrogen-bond acceptors (Lipinski definition) is 4. The lowest BCUT2D eigenvalue weighted by atomic mass is 10.4. The SMILES string of the molecule is O=C(O)C=[N+]1CCNCC[N+](=CC(=O)O)CC[N+](=CC(=O)O)CC1. The lowest BCUT2D eigenvalue weighted by Gasteiger charge is -2.08. The highest BCUT2D eigenvalue weighted by atomic mass is 16.4. The van der Waals surface area contributed by atoms with Gasteiger partial charge in [-0.1, -0.05) is 0 Å². The van der Waals surface area contributed by atoms with E-state index >= 15 is 0 Å². The van der Waals surface area contributed by atoms with Crippen molar-refractivity contribution in [3.63, 3.8) is 0 Å². The van der Waals surface area contributed by atoms with Gasteiger partial charge in [-0.25, -0.2) is 28.1 Å². The number of carbonyl (C=O) groups is 3. The second kappa shape index (κ2) is 10.2. The fourth-order valence-electron chi connectivity index (χ4n) is 2.28. The van der Waals surface area contributed by atoms with Gasteiger partial charge in [-0.05, 0) is 0 Å². The summed E-state index contributed by atoms with van der Waals surface area (Å²) in [4.78, 5) is 32.6. The van der Waals surface area contributed by atoms with E-state index in [9.17, 15) is 14.4 Å². The first-order chi connectivity index (χ1) is 11.4. The molecule has 0 amide bonds. The molecule has 132 valence electrons. The third-order valence-corrected chi connectivity index (χ3v) is 3.38. The largest absolute Gasteiger partial charge is 0.474 e. The summed E-state index contributed by atoms with van der Waals surface area (Å²) < 4.78 is 4.77. The molecule has 1 aliphatic heterocycles. The maximum Gasteiger partial charge on any atom is 0.392 e. The molecule has 0 aliphatic carbocycles. The lowest BCUT2D eigenvalue weighted by Crippen LogP contribution is -2.39. The van der Waals surface area contributed by atoms with Gasteiger partial charge >= 0.3 is 17.9 Å². The Morgan fingerprint density at radius 1 is 0.625 bits per heavy atom. The standard InChI is InChI=1S/C14H20N4O6/c19-12(20)9-16-3-1-15-2-4-17(10-13(21)22)6-8-18(7-5-16)11-14(23)24/h9-11,15H,1-8H2/p+3. The summed E-state index contributed by atoms with van der Waals surface area (Å²) in [5.41, 5.74) is 0. The van der Waals surface area contributed by atoms with Crippen LogP contribution in [0.5, 0.6) is 0 Å². The molecule has 0 bridgehead atoms. The van der Waals surface area contributed by atoms with Crippen LogP contribution in [-0.2, 0) is 14.4 Å². The molecule has 0 atom stereocenters. The van der Waals surface area contributed by atoms with Crippen molar-refractivity contribution in [2.24, 2.45) is 0 Å². The molecule has 10 heteroatoms. The van der Waals surface area contributed by atoms with Gasteiger partial charge in [0.25, 0.3) is 0 Å². The smallest absolute Gasteiger partial charge is 0.392 e. The highest BCUT2D eigenvalue weighted by Crippen LogP contribution is 1.85. The molecule has 0 spiro atoms. The van der Waals surface area contributed by atoms with Crippen molar-refractivity contribution in [1.29, 1.82) is 0 Å². The Kier molecular flexibility index (Phi) is 8.26. The van der Waals surface area contributed by atoms with Crippen LogP contribution in [0.1, 0.15) is 0 Å². The molecule has 1 saturated heterocycles. The van der Waals surface area contributed by atoms with Crippen LogP contribution in [-0.4, -0.2) is 118 Å². The van der Waals surface area contributed by atoms with Crippen LogP contribution in [0.3, 0.4) is 0 Å². The Hall–Kier alpha value is -2.62. The van der Waals surface area contributed by atoms with Gasteiger partial charge in [-0.15, -0.1) is 0 Å². The summed E-state index contributed by atoms with van der Waals surface area (Å²) >= 11 is 0. The molecular formula is C14H23N4O6+3. The number of hydrogen-bond donors (Lipinski definition) is 4. The molecule has 1 aliphatic rings. The van der Waals surface area contributed by atoms with E-state index in [0.717, 1.165) is 18.6 Å². The van der Waals surface area contributed by atoms with Gasteiger partial charge < -0.3 is 20.6 Å². The van der Waals surface area contributed by atoms with Crippen LogP contribution in [0.2, 0.25) is 0 Å². The molecule has 24 heavy (non-hydrogen) atoms. The summed E-state index contributed by atoms with van der Waals surface area (Å²) in [5.74, 6) is -3.22. The van der Waals surface area contributed by atoms with Gasteiger partial charge in [0, 0.05) is 0 Å². The highest BCUT2D eigenvalue weighted by molar-refractivity contribution is 6.20. The number of rotatable bonds is 3. The van der Waals surface area contributed by atoms with Crippen molar-refractivity contribution >= 4 is 36.6 Å². The topological polar surface area (TPSA) is 133 Å². The first-order valence-electron chi connectivity index (χ1n) is 7.53. The Bertz CT molecular complexity index is 542. The fourth-order valence-corrected chi connectivity index (χ4v) is 2.28. The third kappa shape index (κ3) is 8.73. The average molecular weight is 343 g/mol. The van der Waals surface area contributed by atoms with Crippen LogP contribution in [0.25, 0.3) is 0 Å². The predicted molar refractivity (Wildman–Crippen MR) is 84.0 cm³/mol. The quantitative estimate of drug-likeness (QED) is 0.404. The van der Waals surface area contributed by atoms with E-state index in [1.54, 1.807) is 13.7 Å². The van der Waals surface area contributed by atoms with Gasteiger partial charge in [0.15, 0.2) is 13.1 Å². The molecule has 0 radical (unpaired) electrons. The summed E-state index contributed by atoms with van der Waals surface area (Å²) in [6.45, 7) is 3.31. The van der Waals surface area contributed by atoms with E-state index < -0.39 is 17.9 Å². The maximum absolute atomic E-state index is 10.9. The van der Waals surface area contributed by atoms with Crippen LogP contribution in [0.15, 0.2) is 0 Å². The number of aliphatic carboxylic acids is 3. The third-order valence-electron chi connectivity index (χ3n) is 3.38. The predicted octanol–water partition coefficient (Wildman–Crippen LogP) is -2.91. The molecule has 0 aromatic heterocycles. The molecule has 0 saturated carbocycles. The molecule has 10 nitrogen and oxygen atoms in total. The Balaban J connectivity index is 2.92. The summed E-state index contributed by atoms with van der Waals surface area (Å²) in [6, 6.07) is 0. The Morgan fingerprint density at radius 3 is 1.21 bits per heavy atom. The summed E-state index contributed by atoms with van der Waals surface area (Å²) in [7, 11) is 0. The van der Waals surface area contributed by atoms with Gasteiger partial charge in [0.2, 0.25) is 44.8 Å². The van der Waals surface area contributed by atoms with Crippen LogP contribution >= 0.6 is 0 Å². The van der Waals surface area contributed by atoms with E-state index in [-0.39, 0.29) is 0 Å². The molecular weight excluding hydrogens is 320 g/mol. The van der Waals surface area contributed by atoms with Crippen molar-refractivity contribution in [3.8, 4) is 0 Å². The van der Waals surface area contributed by atoms with Crippen LogP contribution < -0.4 is 5.32 Å². The first kappa shape index (κ1) is 19.4. The zero-order valence-electron chi connectivity index (χ0n) is 13.3. The van der Waals surface area contributed by atoms with E-state index in [2.05, 4.69) is 5.32 Å². The van der Waals surface area contributed by atoms with E-state index in [0.29, 0.717) is 52.4 Å². The van der Waals surface area contributed by atoms with Crippen molar-refractivity contribution in [2.75, 3.05) is 52.4 Å².